The number of benzene rings is 1. The molecule has 0 bridgehead atoms. The van der Waals surface area contributed by atoms with E-state index in [2.05, 4.69) is 11.0 Å². The highest BCUT2D eigenvalue weighted by Crippen LogP contribution is 2.26. The monoisotopic (exact) mass is 258 g/mol. The fourth-order valence-electron chi connectivity index (χ4n) is 2.61. The van der Waals surface area contributed by atoms with Gasteiger partial charge in [-0.05, 0) is 49.4 Å². The Morgan fingerprint density at radius 3 is 2.68 bits per heavy atom. The summed E-state index contributed by atoms with van der Waals surface area (Å²) in [6, 6.07) is 8.04. The summed E-state index contributed by atoms with van der Waals surface area (Å²) < 4.78 is 0. The Kier molecular flexibility index (Phi) is 4.06. The first kappa shape index (κ1) is 13.4. The van der Waals surface area contributed by atoms with Crippen LogP contribution in [0.4, 0.5) is 5.69 Å². The van der Waals surface area contributed by atoms with Gasteiger partial charge < -0.3 is 10.0 Å². The fourth-order valence-corrected chi connectivity index (χ4v) is 2.61. The molecule has 1 aromatic rings. The Morgan fingerprint density at radius 1 is 1.47 bits per heavy atom. The molecule has 4 heteroatoms. The Bertz CT molecular complexity index is 511. The van der Waals surface area contributed by atoms with Crippen molar-refractivity contribution in [3.8, 4) is 6.07 Å². The molecule has 1 saturated heterocycles. The van der Waals surface area contributed by atoms with Crippen LogP contribution in [0.25, 0.3) is 0 Å². The van der Waals surface area contributed by atoms with Crippen LogP contribution in [0.3, 0.4) is 0 Å². The van der Waals surface area contributed by atoms with Crippen molar-refractivity contribution in [1.82, 2.24) is 0 Å². The van der Waals surface area contributed by atoms with Crippen LogP contribution in [0.1, 0.15) is 30.4 Å². The van der Waals surface area contributed by atoms with Gasteiger partial charge in [-0.1, -0.05) is 0 Å². The lowest BCUT2D eigenvalue weighted by molar-refractivity contribution is -0.138. The van der Waals surface area contributed by atoms with Crippen molar-refractivity contribution in [1.29, 1.82) is 5.26 Å². The predicted octanol–water partition coefficient (Wildman–Crippen LogP) is 2.56. The van der Waals surface area contributed by atoms with E-state index in [4.69, 9.17) is 10.4 Å². The van der Waals surface area contributed by atoms with Crippen molar-refractivity contribution in [2.45, 2.75) is 26.2 Å². The molecule has 0 spiro atoms. The first-order chi connectivity index (χ1) is 9.10. The molecule has 0 aromatic heterocycles. The predicted molar refractivity (Wildman–Crippen MR) is 73.1 cm³/mol. The molecule has 1 fully saturated rings. The topological polar surface area (TPSA) is 64.3 Å². The molecule has 0 aliphatic carbocycles. The van der Waals surface area contributed by atoms with Gasteiger partial charge in [-0.15, -0.1) is 0 Å². The fraction of sp³-hybridized carbons (Fsp3) is 0.467. The number of carbonyl (C=O) groups is 1. The van der Waals surface area contributed by atoms with Crippen molar-refractivity contribution in [3.63, 3.8) is 0 Å². The van der Waals surface area contributed by atoms with E-state index in [0.717, 1.165) is 37.2 Å². The lowest BCUT2D eigenvalue weighted by atomic mass is 9.93. The summed E-state index contributed by atoms with van der Waals surface area (Å²) >= 11 is 0. The van der Waals surface area contributed by atoms with Crippen molar-refractivity contribution in [2.24, 2.45) is 5.92 Å². The van der Waals surface area contributed by atoms with Gasteiger partial charge in [0.25, 0.3) is 0 Å². The van der Waals surface area contributed by atoms with Gasteiger partial charge in [-0.2, -0.15) is 5.26 Å². The van der Waals surface area contributed by atoms with Crippen molar-refractivity contribution in [3.05, 3.63) is 29.3 Å². The first-order valence-electron chi connectivity index (χ1n) is 6.57. The molecule has 0 atom stereocenters. The maximum Gasteiger partial charge on any atom is 0.303 e. The summed E-state index contributed by atoms with van der Waals surface area (Å²) in [5.41, 5.74) is 2.84. The number of hydrogen-bond donors (Lipinski definition) is 1. The van der Waals surface area contributed by atoms with Crippen molar-refractivity contribution < 1.29 is 9.90 Å². The minimum absolute atomic E-state index is 0.278. The standard InChI is InChI=1S/C15H18N2O2/c1-11-8-14(3-2-13(11)10-16)17-6-4-12(5-7-17)9-15(18)19/h2-3,8,12H,4-7,9H2,1H3,(H,18,19). The number of hydrogen-bond acceptors (Lipinski definition) is 3. The van der Waals surface area contributed by atoms with Gasteiger partial charge in [0.2, 0.25) is 0 Å². The molecule has 4 nitrogen and oxygen atoms in total. The van der Waals surface area contributed by atoms with Crippen molar-refractivity contribution >= 4 is 11.7 Å². The zero-order valence-electron chi connectivity index (χ0n) is 11.1. The largest absolute Gasteiger partial charge is 0.481 e. The summed E-state index contributed by atoms with van der Waals surface area (Å²) in [6.45, 7) is 3.73. The van der Waals surface area contributed by atoms with Gasteiger partial charge in [0.1, 0.15) is 0 Å². The molecular formula is C15H18N2O2. The minimum atomic E-state index is -0.701. The zero-order chi connectivity index (χ0) is 13.8. The molecule has 1 N–H and O–H groups in total. The van der Waals surface area contributed by atoms with Crippen LogP contribution >= 0.6 is 0 Å². The summed E-state index contributed by atoms with van der Waals surface area (Å²) in [6.07, 6.45) is 2.12. The molecule has 1 aliphatic rings. The third-order valence-corrected chi connectivity index (χ3v) is 3.77. The van der Waals surface area contributed by atoms with E-state index in [1.807, 2.05) is 25.1 Å². The second-order valence-electron chi connectivity index (χ2n) is 5.14. The molecule has 19 heavy (non-hydrogen) atoms. The molecule has 0 radical (unpaired) electrons. The number of rotatable bonds is 3. The highest BCUT2D eigenvalue weighted by atomic mass is 16.4. The van der Waals surface area contributed by atoms with Crippen LogP contribution < -0.4 is 4.90 Å². The zero-order valence-corrected chi connectivity index (χ0v) is 11.1. The molecule has 0 saturated carbocycles. The number of nitrogens with zero attached hydrogens (tertiary/aromatic N) is 2. The Balaban J connectivity index is 2.00. The molecule has 100 valence electrons. The maximum atomic E-state index is 10.7. The lowest BCUT2D eigenvalue weighted by Gasteiger charge is -2.33. The van der Waals surface area contributed by atoms with Crippen LogP contribution in [0.5, 0.6) is 0 Å². The number of aliphatic carboxylic acids is 1. The third kappa shape index (κ3) is 3.25. The molecular weight excluding hydrogens is 240 g/mol. The van der Waals surface area contributed by atoms with Crippen LogP contribution in [-0.2, 0) is 4.79 Å². The Hall–Kier alpha value is -2.02. The van der Waals surface area contributed by atoms with Gasteiger partial charge in [-0.25, -0.2) is 0 Å². The number of carboxylic acids is 1. The van der Waals surface area contributed by atoms with E-state index in [-0.39, 0.29) is 6.42 Å². The van der Waals surface area contributed by atoms with E-state index in [9.17, 15) is 4.79 Å². The molecule has 1 aromatic carbocycles. The summed E-state index contributed by atoms with van der Waals surface area (Å²) in [5.74, 6) is -0.402. The second-order valence-corrected chi connectivity index (χ2v) is 5.14. The average Bonchev–Trinajstić information content (AvgIpc) is 2.39. The van der Waals surface area contributed by atoms with E-state index < -0.39 is 5.97 Å². The SMILES string of the molecule is Cc1cc(N2CCC(CC(=O)O)CC2)ccc1C#N. The second kappa shape index (κ2) is 5.75. The quantitative estimate of drug-likeness (QED) is 0.905. The Morgan fingerprint density at radius 2 is 2.16 bits per heavy atom. The van der Waals surface area contributed by atoms with Crippen LogP contribution in [0.2, 0.25) is 0 Å². The molecule has 2 rings (SSSR count). The summed E-state index contributed by atoms with van der Waals surface area (Å²) in [4.78, 5) is 13.0. The van der Waals surface area contributed by atoms with E-state index in [1.165, 1.54) is 0 Å². The van der Waals surface area contributed by atoms with Crippen molar-refractivity contribution in [2.75, 3.05) is 18.0 Å². The number of carboxylic acid groups (broad SMARTS) is 1. The van der Waals surface area contributed by atoms with Crippen LogP contribution in [0.15, 0.2) is 18.2 Å². The molecule has 1 aliphatic heterocycles. The van der Waals surface area contributed by atoms with Gasteiger partial charge >= 0.3 is 5.97 Å². The van der Waals surface area contributed by atoms with E-state index >= 15 is 0 Å². The van der Waals surface area contributed by atoms with E-state index in [1.54, 1.807) is 0 Å². The summed E-state index contributed by atoms with van der Waals surface area (Å²) in [5, 5.41) is 17.7. The average molecular weight is 258 g/mol. The molecule has 1 heterocycles. The highest BCUT2D eigenvalue weighted by molar-refractivity contribution is 5.67. The number of anilines is 1. The maximum absolute atomic E-state index is 10.7. The number of nitriles is 1. The summed E-state index contributed by atoms with van der Waals surface area (Å²) in [7, 11) is 0. The van der Waals surface area contributed by atoms with Gasteiger partial charge in [0, 0.05) is 25.2 Å². The van der Waals surface area contributed by atoms with Gasteiger partial charge in [-0.3, -0.25) is 4.79 Å². The molecule has 0 amide bonds. The number of piperidine rings is 1. The third-order valence-electron chi connectivity index (χ3n) is 3.77. The minimum Gasteiger partial charge on any atom is -0.481 e. The number of aryl methyl sites for hydroxylation is 1. The van der Waals surface area contributed by atoms with Crippen LogP contribution in [0, 0.1) is 24.2 Å². The normalized spacial score (nSPS) is 16.1. The van der Waals surface area contributed by atoms with E-state index in [0.29, 0.717) is 11.5 Å². The van der Waals surface area contributed by atoms with Gasteiger partial charge in [0.05, 0.1) is 11.6 Å². The highest BCUT2D eigenvalue weighted by Gasteiger charge is 2.21. The molecule has 0 unspecified atom stereocenters. The van der Waals surface area contributed by atoms with Gasteiger partial charge in [0.15, 0.2) is 0 Å². The Labute approximate surface area is 113 Å². The smallest absolute Gasteiger partial charge is 0.303 e. The van der Waals surface area contributed by atoms with Crippen LogP contribution in [-0.4, -0.2) is 24.2 Å². The lowest BCUT2D eigenvalue weighted by Crippen LogP contribution is -2.34. The first-order valence-corrected chi connectivity index (χ1v) is 6.57.